The minimum atomic E-state index is 0.0285. The molecule has 144 valence electrons. The lowest BCUT2D eigenvalue weighted by molar-refractivity contribution is -0.132. The number of aromatic nitrogens is 5. The van der Waals surface area contributed by atoms with Gasteiger partial charge < -0.3 is 9.64 Å². The molecule has 2 fully saturated rings. The van der Waals surface area contributed by atoms with Crippen molar-refractivity contribution < 1.29 is 9.53 Å². The van der Waals surface area contributed by atoms with E-state index in [1.165, 1.54) is 6.08 Å². The highest BCUT2D eigenvalue weighted by Crippen LogP contribution is 2.38. The molecule has 0 aliphatic heterocycles. The highest BCUT2D eigenvalue weighted by atomic mass is 16.5. The van der Waals surface area contributed by atoms with Gasteiger partial charge in [0.1, 0.15) is 11.6 Å². The van der Waals surface area contributed by atoms with Gasteiger partial charge in [-0.2, -0.15) is 10.2 Å². The molecule has 0 bridgehead atoms. The predicted molar refractivity (Wildman–Crippen MR) is 103 cm³/mol. The van der Waals surface area contributed by atoms with Crippen molar-refractivity contribution in [2.75, 3.05) is 0 Å². The SMILES string of the molecule is C=CC(=O)N(C1CC1)[C@H]1C[C@@H](Oc2nc(-c3cnn(C)c3)cn3nccc23)C1. The number of ether oxygens (including phenoxy) is 1. The minimum Gasteiger partial charge on any atom is -0.473 e. The van der Waals surface area contributed by atoms with Crippen LogP contribution >= 0.6 is 0 Å². The first kappa shape index (κ1) is 17.0. The van der Waals surface area contributed by atoms with Gasteiger partial charge in [0.25, 0.3) is 0 Å². The quantitative estimate of drug-likeness (QED) is 0.615. The van der Waals surface area contributed by atoms with Crippen molar-refractivity contribution in [2.45, 2.75) is 43.9 Å². The summed E-state index contributed by atoms with van der Waals surface area (Å²) >= 11 is 0. The maximum atomic E-state index is 12.2. The zero-order valence-corrected chi connectivity index (χ0v) is 15.7. The summed E-state index contributed by atoms with van der Waals surface area (Å²) in [7, 11) is 1.87. The molecule has 2 saturated carbocycles. The Morgan fingerprint density at radius 2 is 2.11 bits per heavy atom. The van der Waals surface area contributed by atoms with Crippen LogP contribution in [0.3, 0.4) is 0 Å². The topological polar surface area (TPSA) is 77.6 Å². The summed E-state index contributed by atoms with van der Waals surface area (Å²) in [5.74, 6) is 0.594. The average molecular weight is 378 g/mol. The third-order valence-corrected chi connectivity index (χ3v) is 5.47. The van der Waals surface area contributed by atoms with Gasteiger partial charge in [-0.15, -0.1) is 0 Å². The van der Waals surface area contributed by atoms with Crippen molar-refractivity contribution in [3.63, 3.8) is 0 Å². The van der Waals surface area contributed by atoms with Gasteiger partial charge in [-0.05, 0) is 25.0 Å². The molecule has 0 unspecified atom stereocenters. The van der Waals surface area contributed by atoms with E-state index in [1.807, 2.05) is 30.4 Å². The lowest BCUT2D eigenvalue weighted by Gasteiger charge is -2.42. The molecule has 2 aliphatic rings. The van der Waals surface area contributed by atoms with Gasteiger partial charge in [0, 0.05) is 43.7 Å². The molecule has 3 heterocycles. The Labute approximate surface area is 162 Å². The van der Waals surface area contributed by atoms with Crippen LogP contribution in [0.1, 0.15) is 25.7 Å². The first-order valence-electron chi connectivity index (χ1n) is 9.57. The molecule has 2 aliphatic carbocycles. The minimum absolute atomic E-state index is 0.0285. The lowest BCUT2D eigenvalue weighted by atomic mass is 9.87. The number of hydrogen-bond donors (Lipinski definition) is 0. The zero-order chi connectivity index (χ0) is 19.3. The second-order valence-corrected chi connectivity index (χ2v) is 7.54. The normalized spacial score (nSPS) is 21.3. The second-order valence-electron chi connectivity index (χ2n) is 7.54. The van der Waals surface area contributed by atoms with Crippen LogP contribution in [0, 0.1) is 0 Å². The number of carbonyl (C=O) groups is 1. The summed E-state index contributed by atoms with van der Waals surface area (Å²) < 4.78 is 9.74. The van der Waals surface area contributed by atoms with Crippen LogP contribution < -0.4 is 4.74 Å². The molecular formula is C20H22N6O2. The summed E-state index contributed by atoms with van der Waals surface area (Å²) in [6.07, 6.45) is 12.6. The largest absolute Gasteiger partial charge is 0.473 e. The molecule has 0 atom stereocenters. The van der Waals surface area contributed by atoms with Gasteiger partial charge in [-0.3, -0.25) is 9.48 Å². The fourth-order valence-corrected chi connectivity index (χ4v) is 3.81. The smallest absolute Gasteiger partial charge is 0.246 e. The predicted octanol–water partition coefficient (Wildman–Crippen LogP) is 2.22. The van der Waals surface area contributed by atoms with Crippen molar-refractivity contribution in [3.05, 3.63) is 43.5 Å². The fourth-order valence-electron chi connectivity index (χ4n) is 3.81. The molecule has 5 rings (SSSR count). The number of fused-ring (bicyclic) bond motifs is 1. The Morgan fingerprint density at radius 3 is 2.79 bits per heavy atom. The van der Waals surface area contributed by atoms with Crippen LogP contribution in [-0.4, -0.2) is 53.4 Å². The third-order valence-electron chi connectivity index (χ3n) is 5.47. The average Bonchev–Trinajstić information content (AvgIpc) is 3.20. The molecule has 0 radical (unpaired) electrons. The molecule has 8 heteroatoms. The second kappa shape index (κ2) is 6.47. The summed E-state index contributed by atoms with van der Waals surface area (Å²) in [5, 5.41) is 8.55. The van der Waals surface area contributed by atoms with Gasteiger partial charge >= 0.3 is 0 Å². The van der Waals surface area contributed by atoms with E-state index in [9.17, 15) is 4.79 Å². The lowest BCUT2D eigenvalue weighted by Crippen LogP contribution is -2.52. The van der Waals surface area contributed by atoms with Crippen LogP contribution in [0.5, 0.6) is 5.88 Å². The number of hydrogen-bond acceptors (Lipinski definition) is 5. The van der Waals surface area contributed by atoms with Crippen molar-refractivity contribution in [3.8, 4) is 17.1 Å². The number of aryl methyl sites for hydroxylation is 1. The fraction of sp³-hybridized carbons (Fsp3) is 0.400. The Bertz CT molecular complexity index is 1040. The summed E-state index contributed by atoms with van der Waals surface area (Å²) in [6.45, 7) is 3.64. The number of rotatable bonds is 6. The first-order valence-corrected chi connectivity index (χ1v) is 9.57. The summed E-state index contributed by atoms with van der Waals surface area (Å²) in [6, 6.07) is 2.50. The van der Waals surface area contributed by atoms with Gasteiger partial charge in [0.05, 0.1) is 24.3 Å². The van der Waals surface area contributed by atoms with Gasteiger partial charge in [-0.25, -0.2) is 9.50 Å². The molecule has 3 aromatic heterocycles. The van der Waals surface area contributed by atoms with E-state index in [-0.39, 0.29) is 18.1 Å². The molecule has 28 heavy (non-hydrogen) atoms. The van der Waals surface area contributed by atoms with Crippen molar-refractivity contribution in [2.24, 2.45) is 7.05 Å². The van der Waals surface area contributed by atoms with E-state index in [2.05, 4.69) is 16.8 Å². The van der Waals surface area contributed by atoms with Gasteiger partial charge in [-0.1, -0.05) is 6.58 Å². The molecule has 8 nitrogen and oxygen atoms in total. The number of carbonyl (C=O) groups excluding carboxylic acids is 1. The Kier molecular flexibility index (Phi) is 3.92. The van der Waals surface area contributed by atoms with E-state index < -0.39 is 0 Å². The Balaban J connectivity index is 1.35. The van der Waals surface area contributed by atoms with E-state index in [0.717, 1.165) is 42.5 Å². The van der Waals surface area contributed by atoms with Crippen LogP contribution in [0.4, 0.5) is 0 Å². The third kappa shape index (κ3) is 2.94. The van der Waals surface area contributed by atoms with Crippen molar-refractivity contribution in [1.29, 1.82) is 0 Å². The Morgan fingerprint density at radius 1 is 1.29 bits per heavy atom. The van der Waals surface area contributed by atoms with E-state index in [4.69, 9.17) is 9.72 Å². The van der Waals surface area contributed by atoms with E-state index >= 15 is 0 Å². The van der Waals surface area contributed by atoms with Crippen LogP contribution in [0.2, 0.25) is 0 Å². The van der Waals surface area contributed by atoms with Crippen molar-refractivity contribution in [1.82, 2.24) is 29.3 Å². The maximum Gasteiger partial charge on any atom is 0.246 e. The van der Waals surface area contributed by atoms with Crippen LogP contribution in [-0.2, 0) is 11.8 Å². The van der Waals surface area contributed by atoms with Gasteiger partial charge in [0.15, 0.2) is 0 Å². The monoisotopic (exact) mass is 378 g/mol. The first-order chi connectivity index (χ1) is 13.6. The maximum absolute atomic E-state index is 12.2. The van der Waals surface area contributed by atoms with E-state index in [1.54, 1.807) is 21.6 Å². The van der Waals surface area contributed by atoms with Crippen LogP contribution in [0.25, 0.3) is 16.8 Å². The molecule has 0 aromatic carbocycles. The molecule has 3 aromatic rings. The molecular weight excluding hydrogens is 356 g/mol. The highest BCUT2D eigenvalue weighted by Gasteiger charge is 2.43. The van der Waals surface area contributed by atoms with Crippen LogP contribution in [0.15, 0.2) is 43.5 Å². The highest BCUT2D eigenvalue weighted by molar-refractivity contribution is 5.87. The molecule has 0 spiro atoms. The summed E-state index contributed by atoms with van der Waals surface area (Å²) in [4.78, 5) is 18.9. The van der Waals surface area contributed by atoms with E-state index in [0.29, 0.717) is 11.9 Å². The standard InChI is InChI=1S/C20H22N6O2/c1-3-19(27)26(14-4-5-14)15-8-16(9-15)28-20-18-6-7-21-25(18)12-17(23-20)13-10-22-24(2)11-13/h3,6-7,10-12,14-16H,1,4-5,8-9H2,2H3/t15-,16+. The Hall–Kier alpha value is -3.16. The van der Waals surface area contributed by atoms with Gasteiger partial charge in [0.2, 0.25) is 11.8 Å². The molecule has 0 saturated heterocycles. The van der Waals surface area contributed by atoms with Crippen molar-refractivity contribution >= 4 is 11.4 Å². The number of amides is 1. The molecule has 1 amide bonds. The zero-order valence-electron chi connectivity index (χ0n) is 15.7. The molecule has 0 N–H and O–H groups in total. The number of nitrogens with zero attached hydrogens (tertiary/aromatic N) is 6. The summed E-state index contributed by atoms with van der Waals surface area (Å²) in [5.41, 5.74) is 2.50.